The van der Waals surface area contributed by atoms with Crippen LogP contribution in [0.4, 0.5) is 0 Å². The van der Waals surface area contributed by atoms with Crippen LogP contribution >= 0.6 is 31.9 Å². The second-order valence-electron chi connectivity index (χ2n) is 5.04. The summed E-state index contributed by atoms with van der Waals surface area (Å²) in [5.74, 6) is 0.600. The molecule has 0 aliphatic heterocycles. The summed E-state index contributed by atoms with van der Waals surface area (Å²) in [6, 6.07) is 12.7. The monoisotopic (exact) mass is 457 g/mol. The normalized spacial score (nSPS) is 12.2. The first-order chi connectivity index (χ1) is 10.9. The molecule has 2 aromatic carbocycles. The molecule has 0 unspecified atom stereocenters. The van der Waals surface area contributed by atoms with E-state index >= 15 is 0 Å². The number of para-hydroxylation sites is 2. The molecule has 1 N–H and O–H groups in total. The molecule has 23 heavy (non-hydrogen) atoms. The lowest BCUT2D eigenvalue weighted by molar-refractivity contribution is 0.458. The lowest BCUT2D eigenvalue weighted by atomic mass is 10.3. The van der Waals surface area contributed by atoms with Gasteiger partial charge in [-0.15, -0.1) is 0 Å². The molecule has 0 aliphatic carbocycles. The van der Waals surface area contributed by atoms with Gasteiger partial charge in [-0.25, -0.2) is 13.4 Å². The number of sulfonamides is 1. The Labute approximate surface area is 151 Å². The van der Waals surface area contributed by atoms with Gasteiger partial charge in [-0.05, 0) is 46.3 Å². The number of imidazole rings is 1. The summed E-state index contributed by atoms with van der Waals surface area (Å²) in [4.78, 5) is 7.77. The second kappa shape index (κ2) is 6.35. The highest BCUT2D eigenvalue weighted by Gasteiger charge is 2.24. The van der Waals surface area contributed by atoms with Crippen LogP contribution in [0, 0.1) is 0 Å². The van der Waals surface area contributed by atoms with Gasteiger partial charge in [0.1, 0.15) is 5.82 Å². The zero-order chi connectivity index (χ0) is 16.6. The van der Waals surface area contributed by atoms with Crippen LogP contribution in [0.3, 0.4) is 0 Å². The zero-order valence-corrected chi connectivity index (χ0v) is 16.1. The predicted molar refractivity (Wildman–Crippen MR) is 96.6 cm³/mol. The van der Waals surface area contributed by atoms with Gasteiger partial charge in [0.05, 0.1) is 22.5 Å². The van der Waals surface area contributed by atoms with Crippen LogP contribution in [0.1, 0.15) is 5.82 Å². The lowest BCUT2D eigenvalue weighted by Gasteiger charge is -2.17. The third kappa shape index (κ3) is 3.35. The Morgan fingerprint density at radius 2 is 1.91 bits per heavy atom. The molecule has 0 saturated heterocycles. The highest BCUT2D eigenvalue weighted by molar-refractivity contribution is 9.11. The van der Waals surface area contributed by atoms with Gasteiger partial charge in [-0.2, -0.15) is 4.31 Å². The van der Waals surface area contributed by atoms with Gasteiger partial charge in [0, 0.05) is 16.0 Å². The van der Waals surface area contributed by atoms with Gasteiger partial charge in [-0.3, -0.25) is 0 Å². The number of rotatable bonds is 4. The summed E-state index contributed by atoms with van der Waals surface area (Å²) < 4.78 is 28.0. The summed E-state index contributed by atoms with van der Waals surface area (Å²) in [7, 11) is -2.09. The van der Waals surface area contributed by atoms with Crippen molar-refractivity contribution in [2.24, 2.45) is 0 Å². The summed E-state index contributed by atoms with van der Waals surface area (Å²) in [5.41, 5.74) is 1.70. The molecule has 8 heteroatoms. The van der Waals surface area contributed by atoms with Crippen molar-refractivity contribution < 1.29 is 8.42 Å². The maximum atomic E-state index is 12.8. The molecule has 0 atom stereocenters. The average Bonchev–Trinajstić information content (AvgIpc) is 2.91. The average molecular weight is 459 g/mol. The predicted octanol–water partition coefficient (Wildman–Crippen LogP) is 3.91. The van der Waals surface area contributed by atoms with Gasteiger partial charge in [0.15, 0.2) is 0 Å². The van der Waals surface area contributed by atoms with E-state index in [9.17, 15) is 8.42 Å². The van der Waals surface area contributed by atoms with Crippen molar-refractivity contribution in [3.05, 3.63) is 57.2 Å². The molecular weight excluding hydrogens is 446 g/mol. The van der Waals surface area contributed by atoms with Crippen LogP contribution < -0.4 is 0 Å². The fourth-order valence-corrected chi connectivity index (χ4v) is 4.81. The van der Waals surface area contributed by atoms with E-state index in [2.05, 4.69) is 41.8 Å². The van der Waals surface area contributed by atoms with Crippen LogP contribution in [-0.2, 0) is 16.6 Å². The fourth-order valence-electron chi connectivity index (χ4n) is 2.22. The minimum absolute atomic E-state index is 0.163. The van der Waals surface area contributed by atoms with Crippen molar-refractivity contribution in [2.45, 2.75) is 11.4 Å². The number of nitrogens with one attached hydrogen (secondary N) is 1. The van der Waals surface area contributed by atoms with E-state index in [0.717, 1.165) is 11.0 Å². The van der Waals surface area contributed by atoms with Crippen LogP contribution in [0.15, 0.2) is 56.3 Å². The largest absolute Gasteiger partial charge is 0.341 e. The third-order valence-electron chi connectivity index (χ3n) is 3.39. The fraction of sp³-hybridized carbons (Fsp3) is 0.133. The standard InChI is InChI=1S/C15H13Br2N3O2S/c1-20(9-15-18-12-4-2-3-5-13(12)19-15)23(21,22)14-8-10(16)6-7-11(14)17/h2-8H,9H2,1H3,(H,18,19). The molecule has 3 aromatic rings. The molecule has 0 bridgehead atoms. The van der Waals surface area contributed by atoms with Crippen molar-refractivity contribution in [3.8, 4) is 0 Å². The molecule has 0 saturated carbocycles. The molecule has 1 heterocycles. The van der Waals surface area contributed by atoms with Crippen molar-refractivity contribution in [3.63, 3.8) is 0 Å². The maximum absolute atomic E-state index is 12.8. The molecule has 0 radical (unpaired) electrons. The van der Waals surface area contributed by atoms with E-state index in [0.29, 0.717) is 14.8 Å². The first-order valence-corrected chi connectivity index (χ1v) is 9.75. The van der Waals surface area contributed by atoms with Crippen molar-refractivity contribution in [1.82, 2.24) is 14.3 Å². The molecule has 0 aliphatic rings. The van der Waals surface area contributed by atoms with Gasteiger partial charge in [0.25, 0.3) is 0 Å². The van der Waals surface area contributed by atoms with E-state index in [1.165, 1.54) is 11.4 Å². The van der Waals surface area contributed by atoms with Crippen LogP contribution in [0.2, 0.25) is 0 Å². The number of nitrogens with zero attached hydrogens (tertiary/aromatic N) is 2. The van der Waals surface area contributed by atoms with E-state index < -0.39 is 10.0 Å². The zero-order valence-electron chi connectivity index (χ0n) is 12.1. The highest BCUT2D eigenvalue weighted by atomic mass is 79.9. The molecule has 0 spiro atoms. The minimum atomic E-state index is -3.63. The van der Waals surface area contributed by atoms with E-state index in [-0.39, 0.29) is 11.4 Å². The molecular formula is C15H13Br2N3O2S. The molecule has 5 nitrogen and oxygen atoms in total. The number of halogens is 2. The Morgan fingerprint density at radius 3 is 2.65 bits per heavy atom. The lowest BCUT2D eigenvalue weighted by Crippen LogP contribution is -2.27. The third-order valence-corrected chi connectivity index (χ3v) is 6.68. The number of hydrogen-bond acceptors (Lipinski definition) is 3. The minimum Gasteiger partial charge on any atom is -0.341 e. The number of aromatic amines is 1. The van der Waals surface area contributed by atoms with Crippen LogP contribution in [0.25, 0.3) is 11.0 Å². The number of H-pyrrole nitrogens is 1. The maximum Gasteiger partial charge on any atom is 0.244 e. The van der Waals surface area contributed by atoms with Gasteiger partial charge in [0.2, 0.25) is 10.0 Å². The Bertz CT molecular complexity index is 937. The Morgan fingerprint density at radius 1 is 1.17 bits per heavy atom. The Hall–Kier alpha value is -1.22. The van der Waals surface area contributed by atoms with Crippen molar-refractivity contribution >= 4 is 52.9 Å². The highest BCUT2D eigenvalue weighted by Crippen LogP contribution is 2.28. The summed E-state index contributed by atoms with van der Waals surface area (Å²) >= 11 is 6.60. The van der Waals surface area contributed by atoms with Crippen LogP contribution in [0.5, 0.6) is 0 Å². The number of aromatic nitrogens is 2. The molecule has 3 rings (SSSR count). The second-order valence-corrected chi connectivity index (χ2v) is 8.82. The quantitative estimate of drug-likeness (QED) is 0.644. The topological polar surface area (TPSA) is 66.1 Å². The summed E-state index contributed by atoms with van der Waals surface area (Å²) in [6.45, 7) is 0.163. The number of benzene rings is 2. The van der Waals surface area contributed by atoms with Gasteiger partial charge in [-0.1, -0.05) is 28.1 Å². The Balaban J connectivity index is 1.92. The van der Waals surface area contributed by atoms with Gasteiger partial charge >= 0.3 is 0 Å². The molecule has 120 valence electrons. The molecule has 1 aromatic heterocycles. The van der Waals surface area contributed by atoms with Crippen molar-refractivity contribution in [1.29, 1.82) is 0 Å². The summed E-state index contributed by atoms with van der Waals surface area (Å²) in [5, 5.41) is 0. The smallest absolute Gasteiger partial charge is 0.244 e. The van der Waals surface area contributed by atoms with Gasteiger partial charge < -0.3 is 4.98 Å². The first kappa shape index (κ1) is 16.6. The summed E-state index contributed by atoms with van der Waals surface area (Å²) in [6.07, 6.45) is 0. The number of fused-ring (bicyclic) bond motifs is 1. The molecule has 0 amide bonds. The van der Waals surface area contributed by atoms with E-state index in [1.807, 2.05) is 24.3 Å². The van der Waals surface area contributed by atoms with E-state index in [1.54, 1.807) is 18.2 Å². The molecule has 0 fully saturated rings. The first-order valence-electron chi connectivity index (χ1n) is 6.73. The number of hydrogen-bond donors (Lipinski definition) is 1. The van der Waals surface area contributed by atoms with Crippen molar-refractivity contribution in [2.75, 3.05) is 7.05 Å². The SMILES string of the molecule is CN(Cc1nc2ccccc2[nH]1)S(=O)(=O)c1cc(Br)ccc1Br. The Kier molecular flexibility index (Phi) is 4.59. The van der Waals surface area contributed by atoms with Crippen LogP contribution in [-0.4, -0.2) is 29.7 Å². The van der Waals surface area contributed by atoms with E-state index in [4.69, 9.17) is 0 Å².